The van der Waals surface area contributed by atoms with Gasteiger partial charge in [-0.05, 0) is 36.4 Å². The van der Waals surface area contributed by atoms with Crippen LogP contribution in [-0.2, 0) is 6.18 Å². The van der Waals surface area contributed by atoms with Gasteiger partial charge < -0.3 is 16.4 Å². The van der Waals surface area contributed by atoms with Gasteiger partial charge in [0.25, 0.3) is 0 Å². The predicted octanol–water partition coefficient (Wildman–Crippen LogP) is 3.93. The number of nitrogens with two attached hydrogens (primary N) is 1. The number of benzene rings is 2. The van der Waals surface area contributed by atoms with Gasteiger partial charge in [-0.3, -0.25) is 0 Å². The van der Waals surface area contributed by atoms with Crippen LogP contribution < -0.4 is 16.4 Å². The second-order valence-electron chi connectivity index (χ2n) is 4.28. The van der Waals surface area contributed by atoms with Gasteiger partial charge in [0.15, 0.2) is 0 Å². The van der Waals surface area contributed by atoms with Crippen LogP contribution in [0, 0.1) is 0 Å². The molecule has 2 aromatic carbocycles. The average molecular weight is 295 g/mol. The van der Waals surface area contributed by atoms with E-state index in [4.69, 9.17) is 5.73 Å². The maximum absolute atomic E-state index is 12.6. The molecule has 2 aromatic rings. The molecule has 7 heteroatoms. The number of anilines is 3. The molecule has 0 unspecified atom stereocenters. The summed E-state index contributed by atoms with van der Waals surface area (Å²) in [4.78, 5) is 11.7. The Labute approximate surface area is 118 Å². The van der Waals surface area contributed by atoms with Crippen LogP contribution in [0.5, 0.6) is 0 Å². The second kappa shape index (κ2) is 5.74. The SMILES string of the molecule is Nc1cccc(NC(=O)Nc2cccc(C(F)(F)F)c2)c1. The van der Waals surface area contributed by atoms with Crippen molar-refractivity contribution < 1.29 is 18.0 Å². The molecule has 4 N–H and O–H groups in total. The highest BCUT2D eigenvalue weighted by Crippen LogP contribution is 2.30. The lowest BCUT2D eigenvalue weighted by molar-refractivity contribution is -0.137. The van der Waals surface area contributed by atoms with Crippen molar-refractivity contribution in [2.24, 2.45) is 0 Å². The molecular weight excluding hydrogens is 283 g/mol. The molecule has 2 amide bonds. The van der Waals surface area contributed by atoms with E-state index in [-0.39, 0.29) is 5.69 Å². The van der Waals surface area contributed by atoms with Crippen molar-refractivity contribution in [3.8, 4) is 0 Å². The molecule has 21 heavy (non-hydrogen) atoms. The Morgan fingerprint density at radius 2 is 1.52 bits per heavy atom. The lowest BCUT2D eigenvalue weighted by atomic mass is 10.2. The number of alkyl halides is 3. The van der Waals surface area contributed by atoms with Gasteiger partial charge >= 0.3 is 12.2 Å². The van der Waals surface area contributed by atoms with E-state index in [0.717, 1.165) is 12.1 Å². The highest BCUT2D eigenvalue weighted by Gasteiger charge is 2.30. The third-order valence-electron chi connectivity index (χ3n) is 2.59. The third kappa shape index (κ3) is 4.13. The molecule has 4 nitrogen and oxygen atoms in total. The number of nitrogens with one attached hydrogen (secondary N) is 2. The van der Waals surface area contributed by atoms with Crippen molar-refractivity contribution in [2.75, 3.05) is 16.4 Å². The zero-order chi connectivity index (χ0) is 15.5. The van der Waals surface area contributed by atoms with Crippen LogP contribution in [0.25, 0.3) is 0 Å². The van der Waals surface area contributed by atoms with Gasteiger partial charge in [-0.1, -0.05) is 12.1 Å². The number of urea groups is 1. The first kappa shape index (κ1) is 14.7. The van der Waals surface area contributed by atoms with E-state index in [1.165, 1.54) is 18.2 Å². The van der Waals surface area contributed by atoms with Crippen LogP contribution in [-0.4, -0.2) is 6.03 Å². The summed E-state index contributed by atoms with van der Waals surface area (Å²) >= 11 is 0. The van der Waals surface area contributed by atoms with Gasteiger partial charge in [0.2, 0.25) is 0 Å². The standard InChI is InChI=1S/C14H12F3N3O/c15-14(16,17)9-3-1-5-11(7-9)19-13(21)20-12-6-2-4-10(18)8-12/h1-8H,18H2,(H2,19,20,21). The van der Waals surface area contributed by atoms with Crippen LogP contribution in [0.4, 0.5) is 35.0 Å². The number of halogens is 3. The maximum atomic E-state index is 12.6. The highest BCUT2D eigenvalue weighted by molar-refractivity contribution is 6.00. The van der Waals surface area contributed by atoms with E-state index < -0.39 is 17.8 Å². The first-order valence-corrected chi connectivity index (χ1v) is 5.95. The number of carbonyl (C=O) groups excluding carboxylic acids is 1. The number of hydrogen-bond acceptors (Lipinski definition) is 2. The Bertz CT molecular complexity index is 656. The van der Waals surface area contributed by atoms with E-state index >= 15 is 0 Å². The molecule has 110 valence electrons. The normalized spacial score (nSPS) is 11.0. The Morgan fingerprint density at radius 1 is 0.952 bits per heavy atom. The second-order valence-corrected chi connectivity index (χ2v) is 4.28. The molecule has 0 aliphatic rings. The van der Waals surface area contributed by atoms with Crippen LogP contribution in [0.2, 0.25) is 0 Å². The van der Waals surface area contributed by atoms with Crippen LogP contribution in [0.1, 0.15) is 5.56 Å². The molecule has 0 spiro atoms. The minimum atomic E-state index is -4.46. The summed E-state index contributed by atoms with van der Waals surface area (Å²) < 4.78 is 37.7. The fourth-order valence-electron chi connectivity index (χ4n) is 1.68. The van der Waals surface area contributed by atoms with Crippen molar-refractivity contribution in [2.45, 2.75) is 6.18 Å². The Hall–Kier alpha value is -2.70. The zero-order valence-corrected chi connectivity index (χ0v) is 10.7. The first-order chi connectivity index (χ1) is 9.84. The minimum Gasteiger partial charge on any atom is -0.399 e. The predicted molar refractivity (Wildman–Crippen MR) is 74.9 cm³/mol. The van der Waals surface area contributed by atoms with Gasteiger partial charge in [-0.2, -0.15) is 13.2 Å². The topological polar surface area (TPSA) is 67.1 Å². The Balaban J connectivity index is 2.06. The van der Waals surface area contributed by atoms with E-state index in [2.05, 4.69) is 10.6 Å². The van der Waals surface area contributed by atoms with E-state index in [1.54, 1.807) is 18.2 Å². The summed E-state index contributed by atoms with van der Waals surface area (Å²) in [6.07, 6.45) is -4.46. The summed E-state index contributed by atoms with van der Waals surface area (Å²) in [7, 11) is 0. The van der Waals surface area contributed by atoms with Crippen molar-refractivity contribution >= 4 is 23.1 Å². The van der Waals surface area contributed by atoms with Crippen LogP contribution in [0.15, 0.2) is 48.5 Å². The summed E-state index contributed by atoms with van der Waals surface area (Å²) in [6.45, 7) is 0. The summed E-state index contributed by atoms with van der Waals surface area (Å²) in [5.74, 6) is 0. The quantitative estimate of drug-likeness (QED) is 0.735. The van der Waals surface area contributed by atoms with E-state index in [1.807, 2.05) is 0 Å². The maximum Gasteiger partial charge on any atom is 0.416 e. The Kier molecular flexibility index (Phi) is 4.02. The van der Waals surface area contributed by atoms with Gasteiger partial charge in [-0.25, -0.2) is 4.79 Å². The fourth-order valence-corrected chi connectivity index (χ4v) is 1.68. The smallest absolute Gasteiger partial charge is 0.399 e. The molecule has 0 aromatic heterocycles. The number of nitrogen functional groups attached to an aromatic ring is 1. The zero-order valence-electron chi connectivity index (χ0n) is 10.7. The summed E-state index contributed by atoms with van der Waals surface area (Å²) in [5, 5.41) is 4.81. The molecule has 0 saturated heterocycles. The third-order valence-corrected chi connectivity index (χ3v) is 2.59. The lowest BCUT2D eigenvalue weighted by Crippen LogP contribution is -2.19. The molecule has 0 aliphatic carbocycles. The van der Waals surface area contributed by atoms with Crippen molar-refractivity contribution in [3.05, 3.63) is 54.1 Å². The first-order valence-electron chi connectivity index (χ1n) is 5.95. The van der Waals surface area contributed by atoms with Crippen molar-refractivity contribution in [1.82, 2.24) is 0 Å². The molecule has 0 aliphatic heterocycles. The molecule has 0 radical (unpaired) electrons. The Morgan fingerprint density at radius 3 is 2.10 bits per heavy atom. The number of hydrogen-bond donors (Lipinski definition) is 3. The molecule has 0 atom stereocenters. The van der Waals surface area contributed by atoms with Crippen molar-refractivity contribution in [3.63, 3.8) is 0 Å². The largest absolute Gasteiger partial charge is 0.416 e. The minimum absolute atomic E-state index is 0.0474. The monoisotopic (exact) mass is 295 g/mol. The van der Waals surface area contributed by atoms with Gasteiger partial charge in [0.05, 0.1) is 5.56 Å². The number of amides is 2. The molecule has 0 heterocycles. The van der Waals surface area contributed by atoms with Crippen molar-refractivity contribution in [1.29, 1.82) is 0 Å². The van der Waals surface area contributed by atoms with Crippen LogP contribution in [0.3, 0.4) is 0 Å². The fraction of sp³-hybridized carbons (Fsp3) is 0.0714. The highest BCUT2D eigenvalue weighted by atomic mass is 19.4. The summed E-state index contributed by atoms with van der Waals surface area (Å²) in [6, 6.07) is 10.2. The van der Waals surface area contributed by atoms with Crippen LogP contribution >= 0.6 is 0 Å². The molecule has 0 fully saturated rings. The van der Waals surface area contributed by atoms with Gasteiger partial charge in [0.1, 0.15) is 0 Å². The van der Waals surface area contributed by atoms with E-state index in [0.29, 0.717) is 11.4 Å². The molecule has 2 rings (SSSR count). The van der Waals surface area contributed by atoms with Gasteiger partial charge in [-0.15, -0.1) is 0 Å². The number of rotatable bonds is 2. The van der Waals surface area contributed by atoms with E-state index in [9.17, 15) is 18.0 Å². The van der Waals surface area contributed by atoms with Gasteiger partial charge in [0, 0.05) is 17.1 Å². The molecule has 0 bridgehead atoms. The molecule has 0 saturated carbocycles. The lowest BCUT2D eigenvalue weighted by Gasteiger charge is -2.11. The number of carbonyl (C=O) groups is 1. The summed E-state index contributed by atoms with van der Waals surface area (Å²) in [5.41, 5.74) is 5.68. The molecular formula is C14H12F3N3O. The average Bonchev–Trinajstić information content (AvgIpc) is 2.37.